The summed E-state index contributed by atoms with van der Waals surface area (Å²) in [4.78, 5) is 60.0. The zero-order valence-corrected chi connectivity index (χ0v) is 25.5. The van der Waals surface area contributed by atoms with Crippen molar-refractivity contribution in [2.75, 3.05) is 13.2 Å². The average molecular weight is 642 g/mol. The lowest BCUT2D eigenvalue weighted by atomic mass is 9.95. The number of amides is 1. The van der Waals surface area contributed by atoms with E-state index in [4.69, 9.17) is 37.9 Å². The maximum Gasteiger partial charge on any atom is 0.303 e. The third kappa shape index (κ3) is 10.4. The van der Waals surface area contributed by atoms with Gasteiger partial charge in [0.1, 0.15) is 37.1 Å². The van der Waals surface area contributed by atoms with E-state index in [1.165, 1.54) is 6.92 Å². The zero-order chi connectivity index (χ0) is 33.3. The number of aliphatic hydroxyl groups excluding tert-OH is 2. The van der Waals surface area contributed by atoms with Crippen molar-refractivity contribution in [3.63, 3.8) is 0 Å². The van der Waals surface area contributed by atoms with Gasteiger partial charge in [-0.2, -0.15) is 0 Å². The van der Waals surface area contributed by atoms with E-state index in [0.29, 0.717) is 0 Å². The molecule has 0 unspecified atom stereocenters. The van der Waals surface area contributed by atoms with Crippen LogP contribution in [0.3, 0.4) is 0 Å². The lowest BCUT2D eigenvalue weighted by molar-refractivity contribution is -0.344. The summed E-state index contributed by atoms with van der Waals surface area (Å²) in [7, 11) is 0. The molecule has 0 aliphatic carbocycles. The molecule has 16 heteroatoms. The van der Waals surface area contributed by atoms with Gasteiger partial charge in [0.25, 0.3) is 0 Å². The van der Waals surface area contributed by atoms with Crippen molar-refractivity contribution in [1.82, 2.24) is 5.32 Å². The maximum atomic E-state index is 12.2. The number of aliphatic hydroxyl groups is 2. The van der Waals surface area contributed by atoms with E-state index < -0.39 is 97.7 Å². The fraction of sp³-hybridized carbons (Fsp3) is 0.621. The molecule has 2 fully saturated rings. The quantitative estimate of drug-likeness (QED) is 0.189. The topological polar surface area (TPSA) is 212 Å². The summed E-state index contributed by atoms with van der Waals surface area (Å²) >= 11 is 0. The summed E-state index contributed by atoms with van der Waals surface area (Å²) in [6.07, 6.45) is -13.6. The van der Waals surface area contributed by atoms with Gasteiger partial charge in [-0.3, -0.25) is 24.0 Å². The molecule has 3 N–H and O–H groups in total. The van der Waals surface area contributed by atoms with Crippen molar-refractivity contribution in [2.24, 2.45) is 0 Å². The van der Waals surface area contributed by atoms with E-state index >= 15 is 0 Å². The van der Waals surface area contributed by atoms with Crippen LogP contribution in [0.4, 0.5) is 0 Å². The summed E-state index contributed by atoms with van der Waals surface area (Å²) in [6.45, 7) is 4.92. The third-order valence-electron chi connectivity index (χ3n) is 6.70. The van der Waals surface area contributed by atoms with Gasteiger partial charge in [-0.25, -0.2) is 0 Å². The second kappa shape index (κ2) is 16.6. The Balaban J connectivity index is 1.95. The molecule has 3 rings (SSSR count). The van der Waals surface area contributed by atoms with Gasteiger partial charge in [0.05, 0.1) is 13.2 Å². The molecule has 2 saturated heterocycles. The van der Waals surface area contributed by atoms with Gasteiger partial charge >= 0.3 is 23.9 Å². The van der Waals surface area contributed by atoms with E-state index in [9.17, 15) is 34.2 Å². The Labute approximate surface area is 259 Å². The van der Waals surface area contributed by atoms with Crippen molar-refractivity contribution in [2.45, 2.75) is 103 Å². The molecule has 0 radical (unpaired) electrons. The molecular weight excluding hydrogens is 602 g/mol. The smallest absolute Gasteiger partial charge is 0.303 e. The van der Waals surface area contributed by atoms with Crippen molar-refractivity contribution in [3.05, 3.63) is 35.9 Å². The number of hydrogen-bond donors (Lipinski definition) is 3. The van der Waals surface area contributed by atoms with Crippen LogP contribution in [0, 0.1) is 0 Å². The van der Waals surface area contributed by atoms with E-state index in [2.05, 4.69) is 5.32 Å². The van der Waals surface area contributed by atoms with Crippen LogP contribution in [0.2, 0.25) is 0 Å². The number of carbonyl (C=O) groups is 5. The molecule has 250 valence electrons. The molecular formula is C29H39NO15. The van der Waals surface area contributed by atoms with Gasteiger partial charge in [-0.05, 0) is 5.56 Å². The SMILES string of the molecule is CC(=O)N[C@@H]1[C@@H](O[C@H]2O[C@H](COC(C)=O)[C@@H](OC(C)=O)[C@H](OC(C)=O)[C@@H]2OC(C)=O)[C@H](O)[C@@H](COCc2ccccc2)O[C@H]1O. The molecule has 0 aromatic heterocycles. The summed E-state index contributed by atoms with van der Waals surface area (Å²) < 4.78 is 44.6. The van der Waals surface area contributed by atoms with Crippen LogP contribution in [0.25, 0.3) is 0 Å². The van der Waals surface area contributed by atoms with Crippen LogP contribution in [-0.4, -0.2) is 115 Å². The van der Waals surface area contributed by atoms with E-state index in [1.807, 2.05) is 30.3 Å². The summed E-state index contributed by atoms with van der Waals surface area (Å²) in [5.74, 6) is -3.86. The second-order valence-corrected chi connectivity index (χ2v) is 10.5. The Kier molecular flexibility index (Phi) is 13.2. The Morgan fingerprint density at radius 3 is 1.91 bits per heavy atom. The molecule has 1 aromatic rings. The van der Waals surface area contributed by atoms with Gasteiger partial charge in [0, 0.05) is 34.6 Å². The molecule has 1 aromatic carbocycles. The first kappa shape index (κ1) is 35.8. The second-order valence-electron chi connectivity index (χ2n) is 10.5. The summed E-state index contributed by atoms with van der Waals surface area (Å²) in [5, 5.41) is 24.7. The Morgan fingerprint density at radius 2 is 1.33 bits per heavy atom. The molecule has 2 heterocycles. The van der Waals surface area contributed by atoms with Crippen molar-refractivity contribution < 1.29 is 72.1 Å². The fourth-order valence-electron chi connectivity index (χ4n) is 4.94. The van der Waals surface area contributed by atoms with Crippen LogP contribution in [-0.2, 0) is 68.5 Å². The first-order valence-corrected chi connectivity index (χ1v) is 14.1. The fourth-order valence-corrected chi connectivity index (χ4v) is 4.94. The Bertz CT molecular complexity index is 1180. The molecule has 0 bridgehead atoms. The van der Waals surface area contributed by atoms with Crippen LogP contribution < -0.4 is 5.32 Å². The summed E-state index contributed by atoms with van der Waals surface area (Å²) in [6, 6.07) is 7.76. The molecule has 16 nitrogen and oxygen atoms in total. The molecule has 2 aliphatic heterocycles. The number of esters is 4. The third-order valence-corrected chi connectivity index (χ3v) is 6.70. The number of hydrogen-bond acceptors (Lipinski definition) is 15. The minimum Gasteiger partial charge on any atom is -0.463 e. The van der Waals surface area contributed by atoms with Crippen LogP contribution >= 0.6 is 0 Å². The minimum absolute atomic E-state index is 0.157. The normalized spacial score (nSPS) is 31.3. The number of nitrogens with one attached hydrogen (secondary N) is 1. The lowest BCUT2D eigenvalue weighted by Gasteiger charge is -2.48. The van der Waals surface area contributed by atoms with Crippen molar-refractivity contribution in [3.8, 4) is 0 Å². The van der Waals surface area contributed by atoms with Gasteiger partial charge in [0.2, 0.25) is 5.91 Å². The summed E-state index contributed by atoms with van der Waals surface area (Å²) in [5.41, 5.74) is 0.838. The van der Waals surface area contributed by atoms with Crippen LogP contribution in [0.15, 0.2) is 30.3 Å². The number of rotatable bonds is 12. The van der Waals surface area contributed by atoms with E-state index in [1.54, 1.807) is 0 Å². The number of ether oxygens (including phenoxy) is 8. The van der Waals surface area contributed by atoms with Crippen molar-refractivity contribution in [1.29, 1.82) is 0 Å². The highest BCUT2D eigenvalue weighted by molar-refractivity contribution is 5.73. The van der Waals surface area contributed by atoms with Crippen molar-refractivity contribution >= 4 is 29.8 Å². The van der Waals surface area contributed by atoms with Crippen LogP contribution in [0.5, 0.6) is 0 Å². The predicted octanol–water partition coefficient (Wildman–Crippen LogP) is -0.746. The highest BCUT2D eigenvalue weighted by Crippen LogP contribution is 2.33. The number of carbonyl (C=O) groups excluding carboxylic acids is 5. The first-order chi connectivity index (χ1) is 21.3. The van der Waals surface area contributed by atoms with Crippen LogP contribution in [0.1, 0.15) is 40.2 Å². The average Bonchev–Trinajstić information content (AvgIpc) is 2.94. The monoisotopic (exact) mass is 641 g/mol. The largest absolute Gasteiger partial charge is 0.463 e. The Hall–Kier alpha value is -3.67. The molecule has 1 amide bonds. The maximum absolute atomic E-state index is 12.2. The van der Waals surface area contributed by atoms with E-state index in [0.717, 1.165) is 33.3 Å². The predicted molar refractivity (Wildman–Crippen MR) is 147 cm³/mol. The first-order valence-electron chi connectivity index (χ1n) is 14.1. The number of benzene rings is 1. The molecule has 0 saturated carbocycles. The van der Waals surface area contributed by atoms with E-state index in [-0.39, 0.29) is 13.2 Å². The highest BCUT2D eigenvalue weighted by atomic mass is 16.7. The standard InChI is InChI=1S/C29H39NO15/c1-14(31)30-22-25(23(36)20(43-28(22)37)12-38-11-19-9-7-6-8-10-19)45-29-27(42-18(5)35)26(41-17(4)34)24(40-16(3)33)21(44-29)13-39-15(2)32/h6-10,20-29,36-37H,11-13H2,1-5H3,(H,30,31)/t20-,21-,22-,23-,24-,25-,26+,27+,28-,29-/m1/s1. The van der Waals surface area contributed by atoms with Gasteiger partial charge < -0.3 is 53.4 Å². The molecule has 10 atom stereocenters. The minimum atomic E-state index is -1.71. The molecule has 45 heavy (non-hydrogen) atoms. The highest BCUT2D eigenvalue weighted by Gasteiger charge is 2.55. The zero-order valence-electron chi connectivity index (χ0n) is 25.5. The molecule has 0 spiro atoms. The van der Waals surface area contributed by atoms with Gasteiger partial charge in [-0.1, -0.05) is 30.3 Å². The Morgan fingerprint density at radius 1 is 0.733 bits per heavy atom. The van der Waals surface area contributed by atoms with Gasteiger partial charge in [-0.15, -0.1) is 0 Å². The molecule has 2 aliphatic rings. The van der Waals surface area contributed by atoms with Gasteiger partial charge in [0.15, 0.2) is 30.9 Å². The lowest BCUT2D eigenvalue weighted by Crippen LogP contribution is -2.68.